The van der Waals surface area contributed by atoms with Crippen LogP contribution < -0.4 is 5.32 Å². The van der Waals surface area contributed by atoms with Gasteiger partial charge >= 0.3 is 0 Å². The van der Waals surface area contributed by atoms with E-state index in [4.69, 9.17) is 4.74 Å². The van der Waals surface area contributed by atoms with E-state index in [1.165, 1.54) is 0 Å². The lowest BCUT2D eigenvalue weighted by Crippen LogP contribution is -2.24. The standard InChI is InChI=1S/C15H21N3O2/c1-3-15(19)16-11-14-17-12-7-5-6-8-13(12)18(14)9-10-20-4-2/h5-8H,3-4,9-11H2,1-2H3,(H,16,19). The first-order chi connectivity index (χ1) is 9.76. The molecule has 2 aromatic rings. The van der Waals surface area contributed by atoms with E-state index in [1.807, 2.05) is 38.1 Å². The molecule has 0 aliphatic heterocycles. The Balaban J connectivity index is 2.21. The average Bonchev–Trinajstić information content (AvgIpc) is 2.83. The van der Waals surface area contributed by atoms with Crippen LogP contribution >= 0.6 is 0 Å². The van der Waals surface area contributed by atoms with E-state index in [-0.39, 0.29) is 5.91 Å². The molecule has 0 bridgehead atoms. The molecular weight excluding hydrogens is 254 g/mol. The van der Waals surface area contributed by atoms with Gasteiger partial charge in [0.2, 0.25) is 5.91 Å². The molecule has 1 heterocycles. The maximum Gasteiger partial charge on any atom is 0.220 e. The fraction of sp³-hybridized carbons (Fsp3) is 0.467. The Bertz CT molecular complexity index is 578. The Labute approximate surface area is 118 Å². The number of carbonyl (C=O) groups is 1. The molecule has 0 atom stereocenters. The lowest BCUT2D eigenvalue weighted by molar-refractivity contribution is -0.120. The van der Waals surface area contributed by atoms with Crippen LogP contribution in [0, 0.1) is 0 Å². The summed E-state index contributed by atoms with van der Waals surface area (Å²) in [6.07, 6.45) is 0.485. The van der Waals surface area contributed by atoms with Crippen LogP contribution in [0.25, 0.3) is 11.0 Å². The van der Waals surface area contributed by atoms with Crippen molar-refractivity contribution < 1.29 is 9.53 Å². The first-order valence-corrected chi connectivity index (χ1v) is 7.04. The van der Waals surface area contributed by atoms with Gasteiger partial charge < -0.3 is 14.6 Å². The third-order valence-corrected chi connectivity index (χ3v) is 3.16. The van der Waals surface area contributed by atoms with Crippen molar-refractivity contribution in [1.29, 1.82) is 0 Å². The molecule has 0 unspecified atom stereocenters. The number of rotatable bonds is 7. The Hall–Kier alpha value is -1.88. The Morgan fingerprint density at radius 3 is 2.90 bits per heavy atom. The monoisotopic (exact) mass is 275 g/mol. The van der Waals surface area contributed by atoms with Crippen LogP contribution in [0.2, 0.25) is 0 Å². The molecule has 5 nitrogen and oxygen atoms in total. The van der Waals surface area contributed by atoms with Crippen molar-refractivity contribution in [2.75, 3.05) is 13.2 Å². The zero-order valence-electron chi connectivity index (χ0n) is 12.1. The van der Waals surface area contributed by atoms with Gasteiger partial charge in [-0.05, 0) is 19.1 Å². The number of aromatic nitrogens is 2. The number of nitrogens with zero attached hydrogens (tertiary/aromatic N) is 2. The summed E-state index contributed by atoms with van der Waals surface area (Å²) in [7, 11) is 0. The van der Waals surface area contributed by atoms with Crippen molar-refractivity contribution in [3.63, 3.8) is 0 Å². The minimum absolute atomic E-state index is 0.0356. The Morgan fingerprint density at radius 1 is 1.35 bits per heavy atom. The van der Waals surface area contributed by atoms with Crippen LogP contribution in [0.15, 0.2) is 24.3 Å². The predicted molar refractivity (Wildman–Crippen MR) is 78.4 cm³/mol. The van der Waals surface area contributed by atoms with Crippen LogP contribution in [-0.2, 0) is 22.6 Å². The summed E-state index contributed by atoms with van der Waals surface area (Å²) in [5, 5.41) is 2.88. The minimum Gasteiger partial charge on any atom is -0.380 e. The fourth-order valence-electron chi connectivity index (χ4n) is 2.11. The number of hydrogen-bond acceptors (Lipinski definition) is 3. The summed E-state index contributed by atoms with van der Waals surface area (Å²) >= 11 is 0. The molecule has 5 heteroatoms. The number of nitrogens with one attached hydrogen (secondary N) is 1. The van der Waals surface area contributed by atoms with Crippen LogP contribution in [0.3, 0.4) is 0 Å². The quantitative estimate of drug-likeness (QED) is 0.787. The lowest BCUT2D eigenvalue weighted by atomic mass is 10.3. The highest BCUT2D eigenvalue weighted by atomic mass is 16.5. The third kappa shape index (κ3) is 3.36. The molecule has 2 rings (SSSR count). The van der Waals surface area contributed by atoms with Crippen molar-refractivity contribution >= 4 is 16.9 Å². The predicted octanol–water partition coefficient (Wildman–Crippen LogP) is 2.10. The molecule has 0 radical (unpaired) electrons. The van der Waals surface area contributed by atoms with Gasteiger partial charge in [0.15, 0.2) is 0 Å². The van der Waals surface area contributed by atoms with Crippen molar-refractivity contribution in [2.24, 2.45) is 0 Å². The summed E-state index contributed by atoms with van der Waals surface area (Å²) < 4.78 is 7.53. The number of fused-ring (bicyclic) bond motifs is 1. The maximum absolute atomic E-state index is 11.4. The van der Waals surface area contributed by atoms with Gasteiger partial charge in [-0.15, -0.1) is 0 Å². The van der Waals surface area contributed by atoms with Gasteiger partial charge in [0.05, 0.1) is 24.2 Å². The molecule has 20 heavy (non-hydrogen) atoms. The van der Waals surface area contributed by atoms with Crippen LogP contribution in [-0.4, -0.2) is 28.7 Å². The number of ether oxygens (including phenoxy) is 1. The highest BCUT2D eigenvalue weighted by Crippen LogP contribution is 2.16. The highest BCUT2D eigenvalue weighted by Gasteiger charge is 2.10. The molecular formula is C15H21N3O2. The SMILES string of the molecule is CCOCCn1c(CNC(=O)CC)nc2ccccc21. The lowest BCUT2D eigenvalue weighted by Gasteiger charge is -2.09. The van der Waals surface area contributed by atoms with Crippen molar-refractivity contribution in [2.45, 2.75) is 33.4 Å². The second kappa shape index (κ2) is 7.05. The first-order valence-electron chi connectivity index (χ1n) is 7.04. The molecule has 0 aliphatic rings. The van der Waals surface area contributed by atoms with E-state index in [0.29, 0.717) is 26.2 Å². The van der Waals surface area contributed by atoms with E-state index < -0.39 is 0 Å². The van der Waals surface area contributed by atoms with Gasteiger partial charge in [-0.1, -0.05) is 19.1 Å². The first kappa shape index (κ1) is 14.5. The zero-order chi connectivity index (χ0) is 14.4. The molecule has 108 valence electrons. The number of benzene rings is 1. The normalized spacial score (nSPS) is 10.9. The number of para-hydroxylation sites is 2. The molecule has 1 aromatic carbocycles. The molecule has 0 saturated heterocycles. The second-order valence-corrected chi connectivity index (χ2v) is 4.50. The van der Waals surface area contributed by atoms with Crippen molar-refractivity contribution in [1.82, 2.24) is 14.9 Å². The van der Waals surface area contributed by atoms with E-state index >= 15 is 0 Å². The number of hydrogen-bond donors (Lipinski definition) is 1. The van der Waals surface area contributed by atoms with Crippen molar-refractivity contribution in [3.05, 3.63) is 30.1 Å². The third-order valence-electron chi connectivity index (χ3n) is 3.16. The van der Waals surface area contributed by atoms with Gasteiger partial charge in [-0.2, -0.15) is 0 Å². The summed E-state index contributed by atoms with van der Waals surface area (Å²) in [5.41, 5.74) is 2.03. The summed E-state index contributed by atoms with van der Waals surface area (Å²) in [4.78, 5) is 16.0. The summed E-state index contributed by atoms with van der Waals surface area (Å²) in [5.74, 6) is 0.904. The van der Waals surface area contributed by atoms with E-state index in [2.05, 4.69) is 14.9 Å². The molecule has 1 N–H and O–H groups in total. The Kier molecular flexibility index (Phi) is 5.12. The molecule has 0 spiro atoms. The van der Waals surface area contributed by atoms with Crippen LogP contribution in [0.4, 0.5) is 0 Å². The molecule has 0 fully saturated rings. The highest BCUT2D eigenvalue weighted by molar-refractivity contribution is 5.77. The van der Waals surface area contributed by atoms with Crippen molar-refractivity contribution in [3.8, 4) is 0 Å². The smallest absolute Gasteiger partial charge is 0.220 e. The van der Waals surface area contributed by atoms with E-state index in [9.17, 15) is 4.79 Å². The van der Waals surface area contributed by atoms with Gasteiger partial charge in [0.1, 0.15) is 5.82 Å². The second-order valence-electron chi connectivity index (χ2n) is 4.50. The van der Waals surface area contributed by atoms with Crippen LogP contribution in [0.5, 0.6) is 0 Å². The topological polar surface area (TPSA) is 56.1 Å². The van der Waals surface area contributed by atoms with Gasteiger partial charge in [0, 0.05) is 19.6 Å². The molecule has 0 saturated carbocycles. The molecule has 1 amide bonds. The minimum atomic E-state index is 0.0356. The van der Waals surface area contributed by atoms with Gasteiger partial charge in [0.25, 0.3) is 0 Å². The maximum atomic E-state index is 11.4. The van der Waals surface area contributed by atoms with E-state index in [1.54, 1.807) is 0 Å². The summed E-state index contributed by atoms with van der Waals surface area (Å²) in [6.45, 7) is 6.36. The average molecular weight is 275 g/mol. The fourth-order valence-corrected chi connectivity index (χ4v) is 2.11. The van der Waals surface area contributed by atoms with Crippen LogP contribution in [0.1, 0.15) is 26.1 Å². The van der Waals surface area contributed by atoms with Gasteiger partial charge in [-0.25, -0.2) is 4.98 Å². The molecule has 1 aromatic heterocycles. The number of imidazole rings is 1. The zero-order valence-corrected chi connectivity index (χ0v) is 12.1. The Morgan fingerprint density at radius 2 is 2.15 bits per heavy atom. The number of amides is 1. The molecule has 0 aliphatic carbocycles. The largest absolute Gasteiger partial charge is 0.380 e. The summed E-state index contributed by atoms with van der Waals surface area (Å²) in [6, 6.07) is 7.99. The number of carbonyl (C=O) groups excluding carboxylic acids is 1. The van der Waals surface area contributed by atoms with Gasteiger partial charge in [-0.3, -0.25) is 4.79 Å². The van der Waals surface area contributed by atoms with E-state index in [0.717, 1.165) is 23.4 Å².